The third kappa shape index (κ3) is 2.85. The molecule has 2 aliphatic heterocycles. The zero-order valence-electron chi connectivity index (χ0n) is 13.6. The van der Waals surface area contributed by atoms with E-state index in [-0.39, 0.29) is 18.2 Å². The molecule has 0 aromatic heterocycles. The van der Waals surface area contributed by atoms with Crippen molar-refractivity contribution in [3.8, 4) is 0 Å². The first kappa shape index (κ1) is 16.6. The number of ether oxygens (including phenoxy) is 2. The number of halogens is 2. The molecule has 0 spiro atoms. The van der Waals surface area contributed by atoms with Crippen LogP contribution < -0.4 is 0 Å². The maximum atomic E-state index is 13.7. The van der Waals surface area contributed by atoms with Crippen LogP contribution in [0.25, 0.3) is 0 Å². The van der Waals surface area contributed by atoms with Crippen LogP contribution >= 0.6 is 0 Å². The highest BCUT2D eigenvalue weighted by Crippen LogP contribution is 2.50. The van der Waals surface area contributed by atoms with Crippen LogP contribution in [0.5, 0.6) is 0 Å². The maximum Gasteiger partial charge on any atom is 0.139 e. The van der Waals surface area contributed by atoms with Crippen LogP contribution in [0.3, 0.4) is 0 Å². The molecule has 0 radical (unpaired) electrons. The molecule has 0 aliphatic carbocycles. The standard InChI is InChI=1S/C19H19F2NO3/c20-15-5-1-3-13(9-15)17-22-18(14-4-2-6-16(21)10-14)25-12-19(22,7-8-23)11-24-17/h1-6,9-10,17-18,23H,7-8,11-12H2/t17-,18?,19?/m0/s1. The Hall–Kier alpha value is -1.86. The fraction of sp³-hybridized carbons (Fsp3) is 0.368. The van der Waals surface area contributed by atoms with Crippen LogP contribution in [0.1, 0.15) is 30.0 Å². The quantitative estimate of drug-likeness (QED) is 0.923. The van der Waals surface area contributed by atoms with E-state index in [9.17, 15) is 13.9 Å². The molecule has 2 aliphatic rings. The van der Waals surface area contributed by atoms with E-state index < -0.39 is 18.0 Å². The summed E-state index contributed by atoms with van der Waals surface area (Å²) >= 11 is 0. The summed E-state index contributed by atoms with van der Waals surface area (Å²) in [5.74, 6) is -0.689. The Morgan fingerprint density at radius 2 is 1.48 bits per heavy atom. The van der Waals surface area contributed by atoms with Gasteiger partial charge < -0.3 is 14.6 Å². The van der Waals surface area contributed by atoms with E-state index in [0.29, 0.717) is 30.8 Å². The van der Waals surface area contributed by atoms with Crippen LogP contribution in [0.4, 0.5) is 8.78 Å². The average molecular weight is 347 g/mol. The van der Waals surface area contributed by atoms with Gasteiger partial charge in [-0.25, -0.2) is 13.7 Å². The molecule has 2 aromatic carbocycles. The number of hydrogen-bond acceptors (Lipinski definition) is 4. The van der Waals surface area contributed by atoms with Gasteiger partial charge in [-0.2, -0.15) is 0 Å². The number of hydrogen-bond donors (Lipinski definition) is 1. The highest BCUT2D eigenvalue weighted by atomic mass is 19.1. The van der Waals surface area contributed by atoms with Crippen molar-refractivity contribution < 1.29 is 23.4 Å². The van der Waals surface area contributed by atoms with E-state index in [1.807, 2.05) is 4.90 Å². The number of aliphatic hydroxyl groups is 1. The predicted octanol–water partition coefficient (Wildman–Crippen LogP) is 3.15. The van der Waals surface area contributed by atoms with Gasteiger partial charge in [0.25, 0.3) is 0 Å². The van der Waals surface area contributed by atoms with Crippen LogP contribution in [-0.2, 0) is 9.47 Å². The van der Waals surface area contributed by atoms with Crippen molar-refractivity contribution in [1.82, 2.24) is 4.90 Å². The lowest BCUT2D eigenvalue weighted by Gasteiger charge is -2.34. The third-order valence-corrected chi connectivity index (χ3v) is 4.92. The zero-order chi connectivity index (χ0) is 17.4. The highest BCUT2D eigenvalue weighted by molar-refractivity contribution is 5.26. The molecule has 1 N–H and O–H groups in total. The lowest BCUT2D eigenvalue weighted by atomic mass is 9.96. The molecular weight excluding hydrogens is 328 g/mol. The summed E-state index contributed by atoms with van der Waals surface area (Å²) in [5.41, 5.74) is 0.835. The van der Waals surface area contributed by atoms with Crippen molar-refractivity contribution in [3.63, 3.8) is 0 Å². The number of aliphatic hydroxyl groups excluding tert-OH is 1. The van der Waals surface area contributed by atoms with Gasteiger partial charge in [0, 0.05) is 6.61 Å². The summed E-state index contributed by atoms with van der Waals surface area (Å²) in [7, 11) is 0. The minimum atomic E-state index is -0.516. The van der Waals surface area contributed by atoms with Crippen LogP contribution in [-0.4, -0.2) is 35.4 Å². The molecule has 3 atom stereocenters. The van der Waals surface area contributed by atoms with Gasteiger partial charge in [0.1, 0.15) is 24.1 Å². The Bertz CT molecular complexity index is 712. The summed E-state index contributed by atoms with van der Waals surface area (Å²) in [6, 6.07) is 12.5. The number of rotatable bonds is 4. The Kier molecular flexibility index (Phi) is 4.29. The van der Waals surface area contributed by atoms with E-state index in [0.717, 1.165) is 0 Å². The molecule has 4 rings (SSSR count). The van der Waals surface area contributed by atoms with Gasteiger partial charge in [-0.1, -0.05) is 24.3 Å². The Morgan fingerprint density at radius 1 is 0.960 bits per heavy atom. The Balaban J connectivity index is 1.75. The Labute approximate surface area is 144 Å². The molecule has 2 fully saturated rings. The van der Waals surface area contributed by atoms with Gasteiger partial charge in [0.2, 0.25) is 0 Å². The lowest BCUT2D eigenvalue weighted by molar-refractivity contribution is -0.0625. The van der Waals surface area contributed by atoms with Gasteiger partial charge in [0.15, 0.2) is 0 Å². The number of nitrogens with zero attached hydrogens (tertiary/aromatic N) is 1. The molecule has 6 heteroatoms. The average Bonchev–Trinajstić information content (AvgIpc) is 3.12. The van der Waals surface area contributed by atoms with Crippen LogP contribution in [0.15, 0.2) is 48.5 Å². The normalized spacial score (nSPS) is 29.1. The van der Waals surface area contributed by atoms with Gasteiger partial charge in [-0.3, -0.25) is 0 Å². The molecule has 132 valence electrons. The minimum absolute atomic E-state index is 0.0189. The molecule has 2 unspecified atom stereocenters. The summed E-state index contributed by atoms with van der Waals surface area (Å²) < 4.78 is 39.3. The second-order valence-corrected chi connectivity index (χ2v) is 6.54. The van der Waals surface area contributed by atoms with Gasteiger partial charge >= 0.3 is 0 Å². The van der Waals surface area contributed by atoms with Crippen molar-refractivity contribution in [2.45, 2.75) is 24.4 Å². The topological polar surface area (TPSA) is 41.9 Å². The van der Waals surface area contributed by atoms with E-state index in [2.05, 4.69) is 0 Å². The van der Waals surface area contributed by atoms with E-state index in [1.54, 1.807) is 24.3 Å². The second-order valence-electron chi connectivity index (χ2n) is 6.54. The minimum Gasteiger partial charge on any atom is -0.396 e. The van der Waals surface area contributed by atoms with Gasteiger partial charge in [-0.05, 0) is 41.8 Å². The first-order valence-electron chi connectivity index (χ1n) is 8.26. The molecule has 2 heterocycles. The predicted molar refractivity (Wildman–Crippen MR) is 86.5 cm³/mol. The maximum absolute atomic E-state index is 13.7. The summed E-state index contributed by atoms with van der Waals surface area (Å²) in [5, 5.41) is 9.51. The molecule has 0 saturated carbocycles. The fourth-order valence-corrected chi connectivity index (χ4v) is 3.76. The van der Waals surface area contributed by atoms with E-state index >= 15 is 0 Å². The van der Waals surface area contributed by atoms with Crippen molar-refractivity contribution >= 4 is 0 Å². The lowest BCUT2D eigenvalue weighted by Crippen LogP contribution is -2.45. The zero-order valence-corrected chi connectivity index (χ0v) is 13.6. The summed E-state index contributed by atoms with van der Waals surface area (Å²) in [6.45, 7) is 0.704. The molecule has 0 bridgehead atoms. The molecule has 4 nitrogen and oxygen atoms in total. The largest absolute Gasteiger partial charge is 0.396 e. The molecule has 0 amide bonds. The van der Waals surface area contributed by atoms with Gasteiger partial charge in [0.05, 0.1) is 18.8 Å². The first-order valence-corrected chi connectivity index (χ1v) is 8.26. The van der Waals surface area contributed by atoms with Crippen molar-refractivity contribution in [3.05, 3.63) is 71.3 Å². The fourth-order valence-electron chi connectivity index (χ4n) is 3.76. The number of fused-ring (bicyclic) bond motifs is 1. The monoisotopic (exact) mass is 347 g/mol. The van der Waals surface area contributed by atoms with Gasteiger partial charge in [-0.15, -0.1) is 0 Å². The summed E-state index contributed by atoms with van der Waals surface area (Å²) in [4.78, 5) is 1.99. The van der Waals surface area contributed by atoms with E-state index in [4.69, 9.17) is 9.47 Å². The van der Waals surface area contributed by atoms with Crippen molar-refractivity contribution in [1.29, 1.82) is 0 Å². The van der Waals surface area contributed by atoms with Crippen LogP contribution in [0.2, 0.25) is 0 Å². The van der Waals surface area contributed by atoms with Crippen molar-refractivity contribution in [2.24, 2.45) is 0 Å². The second kappa shape index (κ2) is 6.46. The van der Waals surface area contributed by atoms with Crippen molar-refractivity contribution in [2.75, 3.05) is 19.8 Å². The smallest absolute Gasteiger partial charge is 0.139 e. The third-order valence-electron chi connectivity index (χ3n) is 4.92. The van der Waals surface area contributed by atoms with Crippen LogP contribution in [0, 0.1) is 11.6 Å². The molecule has 25 heavy (non-hydrogen) atoms. The van der Waals surface area contributed by atoms with E-state index in [1.165, 1.54) is 24.3 Å². The molecule has 2 aromatic rings. The number of benzene rings is 2. The summed E-state index contributed by atoms with van der Waals surface area (Å²) in [6.07, 6.45) is -0.569. The SMILES string of the molecule is OCCC12COC(c3cccc(F)c3)N1[C@H](c1cccc(F)c1)OC2. The Morgan fingerprint density at radius 3 is 1.92 bits per heavy atom. The first-order chi connectivity index (χ1) is 12.1. The molecular formula is C19H19F2NO3. The molecule has 2 saturated heterocycles. The highest BCUT2D eigenvalue weighted by Gasteiger charge is 2.56.